The number of rotatable bonds is 3. The predicted molar refractivity (Wildman–Crippen MR) is 78.8 cm³/mol. The minimum atomic E-state index is -1.05. The average molecular weight is 291 g/mol. The molecule has 0 aliphatic heterocycles. The lowest BCUT2D eigenvalue weighted by Crippen LogP contribution is -2.21. The Labute approximate surface area is 122 Å². The fourth-order valence-corrected chi connectivity index (χ4v) is 2.41. The second kappa shape index (κ2) is 5.28. The molecule has 20 heavy (non-hydrogen) atoms. The molecule has 1 aromatic carbocycles. The van der Waals surface area contributed by atoms with Crippen LogP contribution < -0.4 is 0 Å². The summed E-state index contributed by atoms with van der Waals surface area (Å²) in [5.74, 6) is -1.05. The van der Waals surface area contributed by atoms with Gasteiger partial charge in [-0.15, -0.1) is 16.9 Å². The van der Waals surface area contributed by atoms with Gasteiger partial charge in [0.2, 0.25) is 0 Å². The molecule has 2 rings (SSSR count). The number of hydrogen-bond donors (Lipinski definition) is 1. The third-order valence-electron chi connectivity index (χ3n) is 2.90. The fourth-order valence-electron chi connectivity index (χ4n) is 2.00. The number of carboxylic acids is 1. The Hall–Kier alpha value is -1.82. The Bertz CT molecular complexity index is 627. The van der Waals surface area contributed by atoms with E-state index in [1.165, 1.54) is 0 Å². The molecule has 1 aromatic heterocycles. The van der Waals surface area contributed by atoms with Crippen molar-refractivity contribution in [1.82, 2.24) is 15.0 Å². The summed E-state index contributed by atoms with van der Waals surface area (Å²) in [5.41, 5.74) is 1.05. The summed E-state index contributed by atoms with van der Waals surface area (Å²) in [6, 6.07) is 7.80. The lowest BCUT2D eigenvalue weighted by atomic mass is 9.90. The maximum Gasteiger partial charge on any atom is 0.358 e. The molecule has 0 fully saturated rings. The van der Waals surface area contributed by atoms with Crippen LogP contribution in [0.15, 0.2) is 29.2 Å². The van der Waals surface area contributed by atoms with Gasteiger partial charge >= 0.3 is 5.97 Å². The lowest BCUT2D eigenvalue weighted by molar-refractivity contribution is 0.0687. The van der Waals surface area contributed by atoms with Crippen LogP contribution in [0.5, 0.6) is 0 Å². The van der Waals surface area contributed by atoms with Crippen molar-refractivity contribution < 1.29 is 9.90 Å². The van der Waals surface area contributed by atoms with E-state index in [1.807, 2.05) is 51.3 Å². The molecule has 0 saturated carbocycles. The van der Waals surface area contributed by atoms with Crippen LogP contribution in [0.3, 0.4) is 0 Å². The van der Waals surface area contributed by atoms with Crippen LogP contribution in [0.1, 0.15) is 37.0 Å². The number of benzene rings is 1. The minimum absolute atomic E-state index is 0.00597. The van der Waals surface area contributed by atoms with Crippen molar-refractivity contribution in [2.45, 2.75) is 31.1 Å². The Morgan fingerprint density at radius 3 is 2.30 bits per heavy atom. The van der Waals surface area contributed by atoms with Gasteiger partial charge in [0.15, 0.2) is 5.69 Å². The molecule has 0 aliphatic rings. The SMILES string of the molecule is CSc1ccc(-n2nnc(C(=O)O)c2C(C)(C)C)cc1. The van der Waals surface area contributed by atoms with E-state index in [0.29, 0.717) is 5.69 Å². The zero-order valence-electron chi connectivity index (χ0n) is 11.9. The number of carbonyl (C=O) groups is 1. The second-order valence-electron chi connectivity index (χ2n) is 5.45. The molecule has 6 heteroatoms. The number of nitrogens with zero attached hydrogens (tertiary/aromatic N) is 3. The molecule has 0 bridgehead atoms. The van der Waals surface area contributed by atoms with E-state index >= 15 is 0 Å². The van der Waals surface area contributed by atoms with Gasteiger partial charge in [0.25, 0.3) is 0 Å². The van der Waals surface area contributed by atoms with Gasteiger partial charge in [0.1, 0.15) is 0 Å². The summed E-state index contributed by atoms with van der Waals surface area (Å²) in [6.07, 6.45) is 2.01. The van der Waals surface area contributed by atoms with E-state index < -0.39 is 5.97 Å². The molecule has 5 nitrogen and oxygen atoms in total. The van der Waals surface area contributed by atoms with Crippen molar-refractivity contribution in [3.8, 4) is 5.69 Å². The van der Waals surface area contributed by atoms with Crippen LogP contribution in [0.25, 0.3) is 5.69 Å². The average Bonchev–Trinajstić information content (AvgIpc) is 2.83. The molecule has 0 unspecified atom stereocenters. The highest BCUT2D eigenvalue weighted by Gasteiger charge is 2.29. The van der Waals surface area contributed by atoms with Crippen LogP contribution in [0.2, 0.25) is 0 Å². The van der Waals surface area contributed by atoms with Crippen molar-refractivity contribution in [3.63, 3.8) is 0 Å². The van der Waals surface area contributed by atoms with Gasteiger partial charge in [-0.05, 0) is 30.5 Å². The fraction of sp³-hybridized carbons (Fsp3) is 0.357. The minimum Gasteiger partial charge on any atom is -0.476 e. The summed E-state index contributed by atoms with van der Waals surface area (Å²) in [4.78, 5) is 12.4. The summed E-state index contributed by atoms with van der Waals surface area (Å²) in [7, 11) is 0. The Balaban J connectivity index is 2.59. The molecule has 0 saturated heterocycles. The van der Waals surface area contributed by atoms with Gasteiger partial charge in [-0.1, -0.05) is 26.0 Å². The zero-order valence-corrected chi connectivity index (χ0v) is 12.7. The molecule has 0 radical (unpaired) electrons. The molecule has 2 aromatic rings. The molecule has 1 heterocycles. The van der Waals surface area contributed by atoms with Crippen molar-refractivity contribution >= 4 is 17.7 Å². The van der Waals surface area contributed by atoms with E-state index in [0.717, 1.165) is 10.6 Å². The normalized spacial score (nSPS) is 11.6. The first kappa shape index (κ1) is 14.6. The summed E-state index contributed by atoms with van der Waals surface area (Å²) >= 11 is 1.65. The van der Waals surface area contributed by atoms with E-state index in [1.54, 1.807) is 16.4 Å². The Morgan fingerprint density at radius 1 is 1.25 bits per heavy atom. The first-order chi connectivity index (χ1) is 9.34. The highest BCUT2D eigenvalue weighted by Crippen LogP contribution is 2.27. The van der Waals surface area contributed by atoms with Crippen molar-refractivity contribution in [1.29, 1.82) is 0 Å². The standard InChI is InChI=1S/C14H17N3O2S/c1-14(2,3)12-11(13(18)19)15-16-17(12)9-5-7-10(20-4)8-6-9/h5-8H,1-4H3,(H,18,19). The van der Waals surface area contributed by atoms with Gasteiger partial charge in [0, 0.05) is 10.3 Å². The Kier molecular flexibility index (Phi) is 3.85. The van der Waals surface area contributed by atoms with Crippen LogP contribution in [0.4, 0.5) is 0 Å². The monoisotopic (exact) mass is 291 g/mol. The molecule has 0 atom stereocenters. The topological polar surface area (TPSA) is 68.0 Å². The highest BCUT2D eigenvalue weighted by molar-refractivity contribution is 7.98. The smallest absolute Gasteiger partial charge is 0.358 e. The lowest BCUT2D eigenvalue weighted by Gasteiger charge is -2.20. The van der Waals surface area contributed by atoms with Crippen molar-refractivity contribution in [2.75, 3.05) is 6.26 Å². The summed E-state index contributed by atoms with van der Waals surface area (Å²) in [5, 5.41) is 17.1. The van der Waals surface area contributed by atoms with Crippen LogP contribution >= 0.6 is 11.8 Å². The molecule has 0 aliphatic carbocycles. The predicted octanol–water partition coefficient (Wildman–Crippen LogP) is 2.98. The summed E-state index contributed by atoms with van der Waals surface area (Å²) < 4.78 is 1.60. The number of carboxylic acid groups (broad SMARTS) is 1. The summed E-state index contributed by atoms with van der Waals surface area (Å²) in [6.45, 7) is 5.85. The third-order valence-corrected chi connectivity index (χ3v) is 3.64. The molecular weight excluding hydrogens is 274 g/mol. The van der Waals surface area contributed by atoms with Gasteiger partial charge in [-0.25, -0.2) is 9.48 Å². The van der Waals surface area contributed by atoms with Crippen LogP contribution in [0, 0.1) is 0 Å². The largest absolute Gasteiger partial charge is 0.476 e. The van der Waals surface area contributed by atoms with Crippen molar-refractivity contribution in [3.05, 3.63) is 35.7 Å². The molecule has 1 N–H and O–H groups in total. The quantitative estimate of drug-likeness (QED) is 0.880. The van der Waals surface area contributed by atoms with Crippen LogP contribution in [-0.4, -0.2) is 32.3 Å². The number of aromatic carboxylic acids is 1. The number of hydrogen-bond acceptors (Lipinski definition) is 4. The Morgan fingerprint density at radius 2 is 1.85 bits per heavy atom. The van der Waals surface area contributed by atoms with Crippen molar-refractivity contribution in [2.24, 2.45) is 0 Å². The van der Waals surface area contributed by atoms with E-state index in [-0.39, 0.29) is 11.1 Å². The van der Waals surface area contributed by atoms with E-state index in [9.17, 15) is 9.90 Å². The zero-order chi connectivity index (χ0) is 14.9. The highest BCUT2D eigenvalue weighted by atomic mass is 32.2. The first-order valence-electron chi connectivity index (χ1n) is 6.18. The van der Waals surface area contributed by atoms with Gasteiger partial charge in [0.05, 0.1) is 11.4 Å². The van der Waals surface area contributed by atoms with E-state index in [4.69, 9.17) is 0 Å². The van der Waals surface area contributed by atoms with Gasteiger partial charge < -0.3 is 5.11 Å². The number of aromatic nitrogens is 3. The third kappa shape index (κ3) is 2.70. The molecule has 106 valence electrons. The molecular formula is C14H17N3O2S. The number of thioether (sulfide) groups is 1. The molecule has 0 amide bonds. The van der Waals surface area contributed by atoms with Gasteiger partial charge in [-0.3, -0.25) is 0 Å². The van der Waals surface area contributed by atoms with E-state index in [2.05, 4.69) is 10.3 Å². The first-order valence-corrected chi connectivity index (χ1v) is 7.41. The maximum absolute atomic E-state index is 11.3. The molecule has 0 spiro atoms. The van der Waals surface area contributed by atoms with Gasteiger partial charge in [-0.2, -0.15) is 0 Å². The maximum atomic E-state index is 11.3. The second-order valence-corrected chi connectivity index (χ2v) is 6.33. The van der Waals surface area contributed by atoms with Crippen LogP contribution in [-0.2, 0) is 5.41 Å².